The topological polar surface area (TPSA) is 66.3 Å². The molecule has 1 aromatic heterocycles. The number of carbonyl (C=O) groups is 1. The maximum Gasteiger partial charge on any atom is 0.267 e. The minimum Gasteiger partial charge on any atom is -0.395 e. The summed E-state index contributed by atoms with van der Waals surface area (Å²) in [5.41, 5.74) is 0. The van der Waals surface area contributed by atoms with Crippen molar-refractivity contribution < 1.29 is 9.90 Å². The van der Waals surface area contributed by atoms with E-state index in [0.29, 0.717) is 11.4 Å². The van der Waals surface area contributed by atoms with Gasteiger partial charge in [0.1, 0.15) is 4.88 Å². The third-order valence-electron chi connectivity index (χ3n) is 2.56. The van der Waals surface area contributed by atoms with Crippen molar-refractivity contribution in [1.29, 1.82) is 0 Å². The van der Waals surface area contributed by atoms with Crippen molar-refractivity contribution >= 4 is 17.4 Å². The van der Waals surface area contributed by atoms with E-state index < -0.39 is 0 Å². The van der Waals surface area contributed by atoms with E-state index in [1.54, 1.807) is 4.90 Å². The second-order valence-corrected chi connectivity index (χ2v) is 4.26. The minimum atomic E-state index is -0.0854. The summed E-state index contributed by atoms with van der Waals surface area (Å²) in [6.07, 6.45) is 3.24. The summed E-state index contributed by atoms with van der Waals surface area (Å²) in [5, 5.41) is 12.7. The molecule has 16 heavy (non-hydrogen) atoms. The van der Waals surface area contributed by atoms with Gasteiger partial charge < -0.3 is 10.0 Å². The highest BCUT2D eigenvalue weighted by molar-refractivity contribution is 7.07. The Morgan fingerprint density at radius 3 is 2.69 bits per heavy atom. The Bertz CT molecular complexity index is 312. The second-order valence-electron chi connectivity index (χ2n) is 3.47. The normalized spacial score (nSPS) is 10.8. The summed E-state index contributed by atoms with van der Waals surface area (Å²) in [6, 6.07) is 0.168. The average molecular weight is 243 g/mol. The van der Waals surface area contributed by atoms with Gasteiger partial charge in [-0.15, -0.1) is 5.10 Å². The number of aliphatic hydroxyl groups is 1. The van der Waals surface area contributed by atoms with Gasteiger partial charge in [-0.1, -0.05) is 18.3 Å². The molecular weight excluding hydrogens is 226 g/mol. The number of hydrogen-bond acceptors (Lipinski definition) is 5. The molecule has 1 rings (SSSR count). The summed E-state index contributed by atoms with van der Waals surface area (Å²) in [4.78, 5) is 14.3. The number of nitrogens with zero attached hydrogens (tertiary/aromatic N) is 3. The molecule has 5 nitrogen and oxygen atoms in total. The van der Waals surface area contributed by atoms with E-state index in [4.69, 9.17) is 5.11 Å². The van der Waals surface area contributed by atoms with E-state index in [1.165, 1.54) is 6.20 Å². The Morgan fingerprint density at radius 1 is 1.56 bits per heavy atom. The van der Waals surface area contributed by atoms with E-state index in [1.807, 2.05) is 13.8 Å². The Morgan fingerprint density at radius 2 is 2.25 bits per heavy atom. The molecule has 1 aromatic rings. The van der Waals surface area contributed by atoms with Crippen molar-refractivity contribution in [2.24, 2.45) is 0 Å². The van der Waals surface area contributed by atoms with Gasteiger partial charge in [0, 0.05) is 12.6 Å². The van der Waals surface area contributed by atoms with Gasteiger partial charge in [-0.25, -0.2) is 0 Å². The number of hydrogen-bond donors (Lipinski definition) is 1. The molecule has 0 aliphatic heterocycles. The van der Waals surface area contributed by atoms with Gasteiger partial charge in [0.15, 0.2) is 0 Å². The molecule has 0 radical (unpaired) electrons. The standard InChI is InChI=1S/C10H17N3O2S/c1-3-8(4-2)13(5-6-14)10(15)9-7-11-12-16-9/h7-8,14H,3-6H2,1-2H3. The molecule has 0 spiro atoms. The van der Waals surface area contributed by atoms with E-state index >= 15 is 0 Å². The summed E-state index contributed by atoms with van der Waals surface area (Å²) in [6.45, 7) is 4.42. The first-order valence-electron chi connectivity index (χ1n) is 5.43. The van der Waals surface area contributed by atoms with Gasteiger partial charge in [0.2, 0.25) is 0 Å². The third kappa shape index (κ3) is 2.99. The molecule has 0 saturated heterocycles. The van der Waals surface area contributed by atoms with Gasteiger partial charge in [-0.2, -0.15) is 0 Å². The van der Waals surface area contributed by atoms with Crippen molar-refractivity contribution in [3.63, 3.8) is 0 Å². The predicted molar refractivity (Wildman–Crippen MR) is 62.4 cm³/mol. The molecule has 0 bridgehead atoms. The molecule has 6 heteroatoms. The highest BCUT2D eigenvalue weighted by Crippen LogP contribution is 2.14. The molecule has 0 fully saturated rings. The third-order valence-corrected chi connectivity index (χ3v) is 3.21. The number of amides is 1. The van der Waals surface area contributed by atoms with Crippen molar-refractivity contribution in [3.8, 4) is 0 Å². The molecule has 0 unspecified atom stereocenters. The monoisotopic (exact) mass is 243 g/mol. The zero-order chi connectivity index (χ0) is 12.0. The van der Waals surface area contributed by atoms with Gasteiger partial charge in [-0.3, -0.25) is 4.79 Å². The lowest BCUT2D eigenvalue weighted by molar-refractivity contribution is 0.0627. The van der Waals surface area contributed by atoms with Crippen LogP contribution >= 0.6 is 11.5 Å². The molecule has 0 aliphatic rings. The van der Waals surface area contributed by atoms with Crippen LogP contribution in [-0.4, -0.2) is 44.7 Å². The maximum atomic E-state index is 12.1. The zero-order valence-electron chi connectivity index (χ0n) is 9.59. The number of rotatable bonds is 6. The van der Waals surface area contributed by atoms with Gasteiger partial charge in [0.05, 0.1) is 12.8 Å². The molecule has 90 valence electrons. The van der Waals surface area contributed by atoms with Crippen molar-refractivity contribution in [1.82, 2.24) is 14.5 Å². The molecular formula is C10H17N3O2S. The van der Waals surface area contributed by atoms with E-state index in [2.05, 4.69) is 9.59 Å². The molecule has 1 amide bonds. The lowest BCUT2D eigenvalue weighted by Gasteiger charge is -2.29. The highest BCUT2D eigenvalue weighted by Gasteiger charge is 2.23. The Hall–Kier alpha value is -1.01. The molecule has 0 saturated carbocycles. The molecule has 1 heterocycles. The van der Waals surface area contributed by atoms with E-state index in [0.717, 1.165) is 24.4 Å². The van der Waals surface area contributed by atoms with Crippen molar-refractivity contribution in [2.75, 3.05) is 13.2 Å². The predicted octanol–water partition coefficient (Wildman–Crippen LogP) is 1.16. The molecule has 0 aromatic carbocycles. The van der Waals surface area contributed by atoms with Crippen LogP contribution in [0.5, 0.6) is 0 Å². The van der Waals surface area contributed by atoms with Crippen LogP contribution < -0.4 is 0 Å². The molecule has 0 aliphatic carbocycles. The highest BCUT2D eigenvalue weighted by atomic mass is 32.1. The van der Waals surface area contributed by atoms with E-state index in [-0.39, 0.29) is 18.6 Å². The smallest absolute Gasteiger partial charge is 0.267 e. The Balaban J connectivity index is 2.80. The summed E-state index contributed by atoms with van der Waals surface area (Å²) < 4.78 is 3.68. The lowest BCUT2D eigenvalue weighted by Crippen LogP contribution is -2.41. The largest absolute Gasteiger partial charge is 0.395 e. The second kappa shape index (κ2) is 6.55. The fourth-order valence-corrected chi connectivity index (χ4v) is 2.16. The van der Waals surface area contributed by atoms with Crippen LogP contribution in [-0.2, 0) is 0 Å². The first-order valence-corrected chi connectivity index (χ1v) is 6.21. The zero-order valence-corrected chi connectivity index (χ0v) is 10.4. The van der Waals surface area contributed by atoms with Crippen molar-refractivity contribution in [3.05, 3.63) is 11.1 Å². The van der Waals surface area contributed by atoms with Crippen LogP contribution in [0.1, 0.15) is 36.4 Å². The SMILES string of the molecule is CCC(CC)N(CCO)C(=O)c1cnns1. The molecule has 1 N–H and O–H groups in total. The minimum absolute atomic E-state index is 0.0194. The Kier molecular flexibility index (Phi) is 5.34. The molecule has 0 atom stereocenters. The number of carbonyl (C=O) groups excluding carboxylic acids is 1. The van der Waals surface area contributed by atoms with Gasteiger partial charge in [-0.05, 0) is 24.4 Å². The van der Waals surface area contributed by atoms with Crippen LogP contribution in [0.4, 0.5) is 0 Å². The van der Waals surface area contributed by atoms with Crippen LogP contribution in [0.2, 0.25) is 0 Å². The first kappa shape index (κ1) is 13.1. The summed E-state index contributed by atoms with van der Waals surface area (Å²) in [7, 11) is 0. The summed E-state index contributed by atoms with van der Waals surface area (Å²) >= 11 is 1.09. The first-order chi connectivity index (χ1) is 7.74. The van der Waals surface area contributed by atoms with Gasteiger partial charge in [0.25, 0.3) is 5.91 Å². The number of aliphatic hydroxyl groups excluding tert-OH is 1. The average Bonchev–Trinajstić information content (AvgIpc) is 2.82. The Labute approximate surface area is 99.3 Å². The van der Waals surface area contributed by atoms with Crippen molar-refractivity contribution in [2.45, 2.75) is 32.7 Å². The summed E-state index contributed by atoms with van der Waals surface area (Å²) in [5.74, 6) is -0.0854. The van der Waals surface area contributed by atoms with E-state index in [9.17, 15) is 4.79 Å². The fourth-order valence-electron chi connectivity index (χ4n) is 1.69. The number of aromatic nitrogens is 2. The van der Waals surface area contributed by atoms with Crippen LogP contribution in [0.15, 0.2) is 6.20 Å². The fraction of sp³-hybridized carbons (Fsp3) is 0.700. The van der Waals surface area contributed by atoms with Crippen LogP contribution in [0, 0.1) is 0 Å². The van der Waals surface area contributed by atoms with Crippen LogP contribution in [0.25, 0.3) is 0 Å². The van der Waals surface area contributed by atoms with Crippen LogP contribution in [0.3, 0.4) is 0 Å². The maximum absolute atomic E-state index is 12.1. The quantitative estimate of drug-likeness (QED) is 0.814. The lowest BCUT2D eigenvalue weighted by atomic mass is 10.1. The van der Waals surface area contributed by atoms with Gasteiger partial charge >= 0.3 is 0 Å².